The summed E-state index contributed by atoms with van der Waals surface area (Å²) < 4.78 is 0. The lowest BCUT2D eigenvalue weighted by Gasteiger charge is -2.19. The van der Waals surface area contributed by atoms with E-state index in [1.54, 1.807) is 0 Å². The molecule has 0 unspecified atom stereocenters. The third-order valence-electron chi connectivity index (χ3n) is 2.68. The summed E-state index contributed by atoms with van der Waals surface area (Å²) in [7, 11) is 0. The van der Waals surface area contributed by atoms with E-state index in [-0.39, 0.29) is 17.9 Å². The minimum absolute atomic E-state index is 0.000414. The zero-order chi connectivity index (χ0) is 12.1. The lowest BCUT2D eigenvalue weighted by molar-refractivity contribution is -0.124. The molecule has 16 heavy (non-hydrogen) atoms. The number of nitrogens with one attached hydrogen (secondary N) is 1. The van der Waals surface area contributed by atoms with Crippen LogP contribution in [0, 0.1) is 5.92 Å². The van der Waals surface area contributed by atoms with Gasteiger partial charge in [-0.3, -0.25) is 14.5 Å². The molecule has 0 saturated heterocycles. The highest BCUT2D eigenvalue weighted by Gasteiger charge is 2.30. The maximum atomic E-state index is 11.6. The fourth-order valence-corrected chi connectivity index (χ4v) is 1.61. The second-order valence-electron chi connectivity index (χ2n) is 4.77. The monoisotopic (exact) mass is 226 g/mol. The Morgan fingerprint density at radius 2 is 1.94 bits per heavy atom. The van der Waals surface area contributed by atoms with Crippen LogP contribution in [0.15, 0.2) is 0 Å². The number of hydrogen-bond acceptors (Lipinski definition) is 3. The molecule has 0 aromatic carbocycles. The van der Waals surface area contributed by atoms with Crippen LogP contribution < -0.4 is 5.32 Å². The Labute approximate surface area is 97.4 Å². The van der Waals surface area contributed by atoms with Gasteiger partial charge in [0, 0.05) is 12.0 Å². The zero-order valence-corrected chi connectivity index (χ0v) is 10.5. The molecule has 0 aromatic heterocycles. The van der Waals surface area contributed by atoms with Crippen LogP contribution in [0.3, 0.4) is 0 Å². The Morgan fingerprint density at radius 3 is 2.38 bits per heavy atom. The highest BCUT2D eigenvalue weighted by atomic mass is 16.2. The van der Waals surface area contributed by atoms with Crippen molar-refractivity contribution in [3.63, 3.8) is 0 Å². The van der Waals surface area contributed by atoms with E-state index in [2.05, 4.69) is 5.32 Å². The summed E-state index contributed by atoms with van der Waals surface area (Å²) >= 11 is 0. The van der Waals surface area contributed by atoms with Crippen molar-refractivity contribution in [2.75, 3.05) is 19.6 Å². The number of carbonyl (C=O) groups is 2. The summed E-state index contributed by atoms with van der Waals surface area (Å²) in [6, 6.07) is 0.158. The van der Waals surface area contributed by atoms with Gasteiger partial charge in [0.1, 0.15) is 5.78 Å². The van der Waals surface area contributed by atoms with Gasteiger partial charge in [-0.15, -0.1) is 0 Å². The molecular weight excluding hydrogens is 204 g/mol. The molecule has 1 fully saturated rings. The molecule has 0 heterocycles. The minimum atomic E-state index is 0.000414. The molecule has 92 valence electrons. The molecule has 1 N–H and O–H groups in total. The number of likely N-dealkylation sites (N-methyl/N-ethyl adjacent to an activating group) is 1. The van der Waals surface area contributed by atoms with Crippen LogP contribution in [0.5, 0.6) is 0 Å². The average molecular weight is 226 g/mol. The maximum Gasteiger partial charge on any atom is 0.234 e. The van der Waals surface area contributed by atoms with Crippen LogP contribution in [0.2, 0.25) is 0 Å². The highest BCUT2D eigenvalue weighted by Crippen LogP contribution is 2.29. The summed E-state index contributed by atoms with van der Waals surface area (Å²) in [5.74, 6) is 0.571. The molecule has 0 aromatic rings. The molecule has 4 heteroatoms. The number of amides is 1. The summed E-state index contributed by atoms with van der Waals surface area (Å²) in [6.45, 7) is 7.33. The van der Waals surface area contributed by atoms with Crippen LogP contribution in [0.25, 0.3) is 0 Å². The topological polar surface area (TPSA) is 49.4 Å². The molecule has 4 nitrogen and oxygen atoms in total. The van der Waals surface area contributed by atoms with E-state index in [0.29, 0.717) is 18.9 Å². The van der Waals surface area contributed by atoms with Gasteiger partial charge in [-0.25, -0.2) is 0 Å². The Kier molecular flexibility index (Phi) is 4.93. The SMILES string of the molecule is CCN(CC(=O)NC(C)C)CC(=O)C1CC1. The number of carbonyl (C=O) groups excluding carboxylic acids is 2. The molecule has 0 spiro atoms. The van der Waals surface area contributed by atoms with Gasteiger partial charge in [-0.05, 0) is 33.2 Å². The van der Waals surface area contributed by atoms with Crippen LogP contribution in [-0.4, -0.2) is 42.3 Å². The van der Waals surface area contributed by atoms with Crippen molar-refractivity contribution in [3.05, 3.63) is 0 Å². The standard InChI is InChI=1S/C12H22N2O2/c1-4-14(7-11(15)10-5-6-10)8-12(16)13-9(2)3/h9-10H,4-8H2,1-3H3,(H,13,16). The molecule has 0 bridgehead atoms. The molecule has 1 amide bonds. The van der Waals surface area contributed by atoms with Gasteiger partial charge >= 0.3 is 0 Å². The van der Waals surface area contributed by atoms with Crippen molar-refractivity contribution in [1.29, 1.82) is 0 Å². The second kappa shape index (κ2) is 5.99. The number of hydrogen-bond donors (Lipinski definition) is 1. The average Bonchev–Trinajstić information content (AvgIpc) is 2.98. The summed E-state index contributed by atoms with van der Waals surface area (Å²) in [5, 5.41) is 2.83. The van der Waals surface area contributed by atoms with E-state index < -0.39 is 0 Å². The van der Waals surface area contributed by atoms with Gasteiger partial charge in [0.2, 0.25) is 5.91 Å². The first-order valence-corrected chi connectivity index (χ1v) is 6.07. The van der Waals surface area contributed by atoms with Crippen LogP contribution in [0.4, 0.5) is 0 Å². The van der Waals surface area contributed by atoms with Crippen molar-refractivity contribution >= 4 is 11.7 Å². The molecule has 1 aliphatic rings. The smallest absolute Gasteiger partial charge is 0.234 e. The Bertz CT molecular complexity index is 260. The summed E-state index contributed by atoms with van der Waals surface area (Å²) in [5.41, 5.74) is 0. The largest absolute Gasteiger partial charge is 0.353 e. The molecule has 1 saturated carbocycles. The fraction of sp³-hybridized carbons (Fsp3) is 0.833. The third kappa shape index (κ3) is 4.75. The van der Waals surface area contributed by atoms with E-state index in [1.165, 1.54) is 0 Å². The van der Waals surface area contributed by atoms with Crippen LogP contribution in [0.1, 0.15) is 33.6 Å². The highest BCUT2D eigenvalue weighted by molar-refractivity contribution is 5.86. The normalized spacial score (nSPS) is 15.6. The molecular formula is C12H22N2O2. The molecule has 1 rings (SSSR count). The number of rotatable bonds is 7. The third-order valence-corrected chi connectivity index (χ3v) is 2.68. The first-order valence-electron chi connectivity index (χ1n) is 6.07. The van der Waals surface area contributed by atoms with Gasteiger partial charge in [0.25, 0.3) is 0 Å². The van der Waals surface area contributed by atoms with Crippen molar-refractivity contribution in [1.82, 2.24) is 10.2 Å². The van der Waals surface area contributed by atoms with E-state index in [1.807, 2.05) is 25.7 Å². The minimum Gasteiger partial charge on any atom is -0.353 e. The lowest BCUT2D eigenvalue weighted by atomic mass is 10.2. The lowest BCUT2D eigenvalue weighted by Crippen LogP contribution is -2.42. The van der Waals surface area contributed by atoms with E-state index in [0.717, 1.165) is 19.4 Å². The van der Waals surface area contributed by atoms with Gasteiger partial charge in [0.05, 0.1) is 13.1 Å². The molecule has 0 atom stereocenters. The summed E-state index contributed by atoms with van der Waals surface area (Å²) in [6.07, 6.45) is 2.07. The number of ketones is 1. The van der Waals surface area contributed by atoms with E-state index >= 15 is 0 Å². The second-order valence-corrected chi connectivity index (χ2v) is 4.77. The Balaban J connectivity index is 2.29. The van der Waals surface area contributed by atoms with E-state index in [4.69, 9.17) is 0 Å². The Hall–Kier alpha value is -0.900. The van der Waals surface area contributed by atoms with Crippen molar-refractivity contribution in [2.24, 2.45) is 5.92 Å². The van der Waals surface area contributed by atoms with Crippen LogP contribution >= 0.6 is 0 Å². The first kappa shape index (κ1) is 13.2. The predicted molar refractivity (Wildman–Crippen MR) is 63.1 cm³/mol. The first-order chi connectivity index (χ1) is 7.52. The molecule has 0 aliphatic heterocycles. The summed E-state index contributed by atoms with van der Waals surface area (Å²) in [4.78, 5) is 25.0. The van der Waals surface area contributed by atoms with Gasteiger partial charge in [-0.1, -0.05) is 6.92 Å². The predicted octanol–water partition coefficient (Wildman–Crippen LogP) is 0.812. The molecule has 1 aliphatic carbocycles. The fourth-order valence-electron chi connectivity index (χ4n) is 1.61. The van der Waals surface area contributed by atoms with Crippen molar-refractivity contribution in [2.45, 2.75) is 39.7 Å². The van der Waals surface area contributed by atoms with Gasteiger partial charge in [-0.2, -0.15) is 0 Å². The van der Waals surface area contributed by atoms with Gasteiger partial charge in [0.15, 0.2) is 0 Å². The van der Waals surface area contributed by atoms with E-state index in [9.17, 15) is 9.59 Å². The quantitative estimate of drug-likeness (QED) is 0.699. The number of nitrogens with zero attached hydrogens (tertiary/aromatic N) is 1. The van der Waals surface area contributed by atoms with Crippen molar-refractivity contribution in [3.8, 4) is 0 Å². The molecule has 0 radical (unpaired) electrons. The Morgan fingerprint density at radius 1 is 1.31 bits per heavy atom. The number of Topliss-reactive ketones (excluding diaryl/α,β-unsaturated/α-hetero) is 1. The van der Waals surface area contributed by atoms with Gasteiger partial charge < -0.3 is 5.32 Å². The zero-order valence-electron chi connectivity index (χ0n) is 10.5. The van der Waals surface area contributed by atoms with Crippen molar-refractivity contribution < 1.29 is 9.59 Å². The maximum absolute atomic E-state index is 11.6. The van der Waals surface area contributed by atoms with Crippen LogP contribution in [-0.2, 0) is 9.59 Å².